The number of benzene rings is 3. The highest BCUT2D eigenvalue weighted by Crippen LogP contribution is 2.35. The summed E-state index contributed by atoms with van der Waals surface area (Å²) in [7, 11) is 0. The standard InChI is InChI=1S/C28H26ClNO6/c1-4-34-26(31)16-25-27(28(32)33)23-15-22(36-21-10-8-20(9-11-21)35-17(2)3)12-13-24(23)30(25)19-7-5-6-18(29)14-19/h5-15,17H,4,16H2,1-3H3,(H,32,33). The Morgan fingerprint density at radius 3 is 2.31 bits per heavy atom. The Balaban J connectivity index is 1.82. The van der Waals surface area contributed by atoms with Crippen molar-refractivity contribution in [3.8, 4) is 22.9 Å². The summed E-state index contributed by atoms with van der Waals surface area (Å²) in [5.41, 5.74) is 1.53. The predicted octanol–water partition coefficient (Wildman–Crippen LogP) is 6.67. The molecule has 0 fully saturated rings. The molecule has 8 heteroatoms. The van der Waals surface area contributed by atoms with Crippen LogP contribution in [0.2, 0.25) is 5.02 Å². The van der Waals surface area contributed by atoms with Gasteiger partial charge in [-0.1, -0.05) is 17.7 Å². The lowest BCUT2D eigenvalue weighted by molar-refractivity contribution is -0.142. The lowest BCUT2D eigenvalue weighted by Crippen LogP contribution is -2.14. The third-order valence-corrected chi connectivity index (χ3v) is 5.60. The van der Waals surface area contributed by atoms with Crippen LogP contribution in [-0.4, -0.2) is 34.3 Å². The summed E-state index contributed by atoms with van der Waals surface area (Å²) in [5, 5.41) is 11.1. The summed E-state index contributed by atoms with van der Waals surface area (Å²) in [4.78, 5) is 24.9. The van der Waals surface area contributed by atoms with Gasteiger partial charge in [0, 0.05) is 21.8 Å². The van der Waals surface area contributed by atoms with Gasteiger partial charge < -0.3 is 23.9 Å². The van der Waals surface area contributed by atoms with Crippen molar-refractivity contribution >= 4 is 34.4 Å². The van der Waals surface area contributed by atoms with Crippen molar-refractivity contribution < 1.29 is 28.9 Å². The van der Waals surface area contributed by atoms with Crippen LogP contribution >= 0.6 is 11.6 Å². The zero-order chi connectivity index (χ0) is 25.8. The van der Waals surface area contributed by atoms with Crippen molar-refractivity contribution in [2.75, 3.05) is 6.61 Å². The van der Waals surface area contributed by atoms with Gasteiger partial charge in [0.2, 0.25) is 0 Å². The van der Waals surface area contributed by atoms with Gasteiger partial charge in [-0.3, -0.25) is 4.79 Å². The maximum Gasteiger partial charge on any atom is 0.338 e. The minimum absolute atomic E-state index is 0.00385. The summed E-state index contributed by atoms with van der Waals surface area (Å²) >= 11 is 6.23. The molecule has 0 aliphatic rings. The number of carbonyl (C=O) groups excluding carboxylic acids is 1. The third-order valence-electron chi connectivity index (χ3n) is 5.37. The maximum atomic E-state index is 12.4. The first-order valence-electron chi connectivity index (χ1n) is 11.5. The number of carbonyl (C=O) groups is 2. The van der Waals surface area contributed by atoms with Crippen LogP contribution in [0, 0.1) is 0 Å². The molecule has 7 nitrogen and oxygen atoms in total. The molecule has 0 saturated carbocycles. The van der Waals surface area contributed by atoms with Crippen LogP contribution in [0.3, 0.4) is 0 Å². The largest absolute Gasteiger partial charge is 0.491 e. The second-order valence-electron chi connectivity index (χ2n) is 8.34. The van der Waals surface area contributed by atoms with Gasteiger partial charge in [0.15, 0.2) is 0 Å². The molecule has 1 N–H and O–H groups in total. The van der Waals surface area contributed by atoms with Gasteiger partial charge in [0.05, 0.1) is 30.2 Å². The molecule has 3 aromatic carbocycles. The van der Waals surface area contributed by atoms with E-state index in [4.69, 9.17) is 25.8 Å². The van der Waals surface area contributed by atoms with Crippen molar-refractivity contribution in [2.24, 2.45) is 0 Å². The molecule has 1 heterocycles. The van der Waals surface area contributed by atoms with Crippen LogP contribution < -0.4 is 9.47 Å². The molecule has 4 aromatic rings. The Kier molecular flexibility index (Phi) is 7.50. The highest BCUT2D eigenvalue weighted by atomic mass is 35.5. The summed E-state index contributed by atoms with van der Waals surface area (Å²) in [6.45, 7) is 5.79. The Bertz CT molecular complexity index is 1410. The number of carboxylic acids is 1. The Labute approximate surface area is 213 Å². The summed E-state index contributed by atoms with van der Waals surface area (Å²) in [6, 6.07) is 19.4. The molecule has 1 aromatic heterocycles. The molecule has 0 aliphatic carbocycles. The smallest absolute Gasteiger partial charge is 0.338 e. The fraction of sp³-hybridized carbons (Fsp3) is 0.214. The van der Waals surface area contributed by atoms with Gasteiger partial charge in [-0.25, -0.2) is 4.79 Å². The quantitative estimate of drug-likeness (QED) is 0.255. The number of halogens is 1. The highest BCUT2D eigenvalue weighted by Gasteiger charge is 2.26. The van der Waals surface area contributed by atoms with Gasteiger partial charge in [0.1, 0.15) is 17.2 Å². The number of nitrogens with zero attached hydrogens (tertiary/aromatic N) is 1. The summed E-state index contributed by atoms with van der Waals surface area (Å²) in [6.07, 6.45) is -0.162. The molecule has 36 heavy (non-hydrogen) atoms. The lowest BCUT2D eigenvalue weighted by Gasteiger charge is -2.12. The number of fused-ring (bicyclic) bond motifs is 1. The first kappa shape index (κ1) is 25.1. The molecule has 4 rings (SSSR count). The van der Waals surface area contributed by atoms with E-state index in [1.54, 1.807) is 66.1 Å². The third kappa shape index (κ3) is 5.47. The Morgan fingerprint density at radius 2 is 1.67 bits per heavy atom. The molecular formula is C28H26ClNO6. The van der Waals surface area contributed by atoms with E-state index in [0.717, 1.165) is 5.75 Å². The molecule has 0 aliphatic heterocycles. The van der Waals surface area contributed by atoms with E-state index in [9.17, 15) is 14.7 Å². The van der Waals surface area contributed by atoms with Crippen LogP contribution in [0.15, 0.2) is 66.7 Å². The van der Waals surface area contributed by atoms with Crippen LogP contribution in [0.25, 0.3) is 16.6 Å². The molecular weight excluding hydrogens is 482 g/mol. The van der Waals surface area contributed by atoms with E-state index in [1.165, 1.54) is 0 Å². The van der Waals surface area contributed by atoms with E-state index >= 15 is 0 Å². The van der Waals surface area contributed by atoms with E-state index in [0.29, 0.717) is 38.8 Å². The first-order valence-corrected chi connectivity index (χ1v) is 11.9. The van der Waals surface area contributed by atoms with Crippen LogP contribution in [0.5, 0.6) is 17.2 Å². The first-order chi connectivity index (χ1) is 17.3. The Hall–Kier alpha value is -3.97. The molecule has 0 bridgehead atoms. The zero-order valence-corrected chi connectivity index (χ0v) is 20.9. The molecule has 0 spiro atoms. The van der Waals surface area contributed by atoms with Crippen molar-refractivity contribution in [3.63, 3.8) is 0 Å². The van der Waals surface area contributed by atoms with Gasteiger partial charge >= 0.3 is 11.9 Å². The van der Waals surface area contributed by atoms with Crippen LogP contribution in [-0.2, 0) is 16.0 Å². The average molecular weight is 508 g/mol. The number of esters is 1. The van der Waals surface area contributed by atoms with Gasteiger partial charge in [-0.05, 0) is 81.4 Å². The number of carboxylic acid groups (broad SMARTS) is 1. The van der Waals surface area contributed by atoms with Gasteiger partial charge in [-0.15, -0.1) is 0 Å². The minimum Gasteiger partial charge on any atom is -0.491 e. The minimum atomic E-state index is -1.16. The zero-order valence-electron chi connectivity index (χ0n) is 20.2. The topological polar surface area (TPSA) is 87.0 Å². The highest BCUT2D eigenvalue weighted by molar-refractivity contribution is 6.30. The second-order valence-corrected chi connectivity index (χ2v) is 8.78. The monoisotopic (exact) mass is 507 g/mol. The normalized spacial score (nSPS) is 11.0. The molecule has 0 unspecified atom stereocenters. The van der Waals surface area contributed by atoms with E-state index in [2.05, 4.69) is 0 Å². The second kappa shape index (κ2) is 10.7. The number of aromatic nitrogens is 1. The molecule has 186 valence electrons. The summed E-state index contributed by atoms with van der Waals surface area (Å²) in [5.74, 6) is 0.0682. The molecule has 0 atom stereocenters. The van der Waals surface area contributed by atoms with E-state index < -0.39 is 11.9 Å². The number of rotatable bonds is 9. The van der Waals surface area contributed by atoms with Crippen LogP contribution in [0.4, 0.5) is 0 Å². The molecule has 0 saturated heterocycles. The fourth-order valence-electron chi connectivity index (χ4n) is 4.05. The maximum absolute atomic E-state index is 12.4. The van der Waals surface area contributed by atoms with Gasteiger partial charge in [-0.2, -0.15) is 0 Å². The van der Waals surface area contributed by atoms with Crippen molar-refractivity contribution in [2.45, 2.75) is 33.3 Å². The van der Waals surface area contributed by atoms with Gasteiger partial charge in [0.25, 0.3) is 0 Å². The van der Waals surface area contributed by atoms with E-state index in [-0.39, 0.29) is 24.7 Å². The molecule has 0 radical (unpaired) electrons. The summed E-state index contributed by atoms with van der Waals surface area (Å²) < 4.78 is 18.5. The van der Waals surface area contributed by atoms with Crippen LogP contribution in [0.1, 0.15) is 36.8 Å². The lowest BCUT2D eigenvalue weighted by atomic mass is 10.1. The predicted molar refractivity (Wildman–Crippen MR) is 138 cm³/mol. The Morgan fingerprint density at radius 1 is 0.972 bits per heavy atom. The van der Waals surface area contributed by atoms with Crippen molar-refractivity contribution in [3.05, 3.63) is 83.0 Å². The number of hydrogen-bond donors (Lipinski definition) is 1. The number of aromatic carboxylic acids is 1. The van der Waals surface area contributed by atoms with E-state index in [1.807, 2.05) is 26.0 Å². The SMILES string of the molecule is CCOC(=O)Cc1c(C(=O)O)c2cc(Oc3ccc(OC(C)C)cc3)ccc2n1-c1cccc(Cl)c1. The number of ether oxygens (including phenoxy) is 3. The fourth-order valence-corrected chi connectivity index (χ4v) is 4.23. The molecule has 0 amide bonds. The average Bonchev–Trinajstić information content (AvgIpc) is 3.13. The van der Waals surface area contributed by atoms with Crippen molar-refractivity contribution in [1.29, 1.82) is 0 Å². The van der Waals surface area contributed by atoms with Crippen molar-refractivity contribution in [1.82, 2.24) is 4.57 Å². The number of hydrogen-bond acceptors (Lipinski definition) is 5.